The number of hydrogen-bond acceptors (Lipinski definition) is 8. The third-order valence-electron chi connectivity index (χ3n) is 7.08. The van der Waals surface area contributed by atoms with Gasteiger partial charge in [-0.05, 0) is 56.9 Å². The average molecular weight is 551 g/mol. The highest BCUT2D eigenvalue weighted by Gasteiger charge is 2.29. The Morgan fingerprint density at radius 1 is 1.23 bits per heavy atom. The quantitative estimate of drug-likeness (QED) is 0.322. The zero-order valence-corrected chi connectivity index (χ0v) is 22.9. The maximum Gasteiger partial charge on any atom is 0.297 e. The van der Waals surface area contributed by atoms with E-state index in [1.165, 1.54) is 13.2 Å². The molecule has 210 valence electrons. The van der Waals surface area contributed by atoms with Crippen LogP contribution in [0, 0.1) is 6.92 Å². The molecule has 0 fully saturated rings. The Bertz CT molecular complexity index is 1490. The van der Waals surface area contributed by atoms with Gasteiger partial charge in [-0.15, -0.1) is 5.10 Å². The molecule has 0 radical (unpaired) electrons. The van der Waals surface area contributed by atoms with Crippen molar-refractivity contribution >= 4 is 17.4 Å². The number of hydrogen-bond donors (Lipinski definition) is 1. The summed E-state index contributed by atoms with van der Waals surface area (Å²) in [6.45, 7) is 6.59. The number of methoxy groups -OCH3 is 1. The van der Waals surface area contributed by atoms with E-state index in [0.29, 0.717) is 18.9 Å². The number of amides is 1. The van der Waals surface area contributed by atoms with Crippen LogP contribution in [-0.2, 0) is 11.2 Å². The Labute approximate surface area is 230 Å². The minimum absolute atomic E-state index is 0.00667. The van der Waals surface area contributed by atoms with E-state index in [9.17, 15) is 13.6 Å². The number of aryl methyl sites for hydroxylation is 2. The van der Waals surface area contributed by atoms with Gasteiger partial charge < -0.3 is 15.0 Å². The van der Waals surface area contributed by atoms with Gasteiger partial charge in [0.1, 0.15) is 5.82 Å². The first-order valence-electron chi connectivity index (χ1n) is 13.4. The predicted octanol–water partition coefficient (Wildman–Crippen LogP) is 4.60. The average Bonchev–Trinajstić information content (AvgIpc) is 3.39. The summed E-state index contributed by atoms with van der Waals surface area (Å²) >= 11 is 0. The molecule has 5 rings (SSSR count). The van der Waals surface area contributed by atoms with Crippen LogP contribution in [0.4, 0.5) is 14.6 Å². The zero-order valence-electron chi connectivity index (χ0n) is 22.9. The second-order valence-corrected chi connectivity index (χ2v) is 9.95. The molecule has 2 atom stereocenters. The van der Waals surface area contributed by atoms with Crippen LogP contribution >= 0.6 is 0 Å². The summed E-state index contributed by atoms with van der Waals surface area (Å²) in [4.78, 5) is 32.4. The van der Waals surface area contributed by atoms with Crippen LogP contribution in [0.1, 0.15) is 61.8 Å². The number of alkyl halides is 2. The molecule has 0 saturated carbocycles. The van der Waals surface area contributed by atoms with Gasteiger partial charge >= 0.3 is 0 Å². The number of aromatic nitrogens is 6. The summed E-state index contributed by atoms with van der Waals surface area (Å²) in [5.41, 5.74) is 3.76. The van der Waals surface area contributed by atoms with Gasteiger partial charge in [-0.1, -0.05) is 13.0 Å². The SMILES string of the molecule is CCCN(C[C@H]1CCc2cc(-c3nc4ccccn4n3)c(C)nc2N1)C(=O)[C@H](C)c1cc(OC)nc(C(F)F)n1. The summed E-state index contributed by atoms with van der Waals surface area (Å²) < 4.78 is 33.5. The lowest BCUT2D eigenvalue weighted by Crippen LogP contribution is -2.44. The van der Waals surface area contributed by atoms with Gasteiger partial charge in [0.25, 0.3) is 6.43 Å². The van der Waals surface area contributed by atoms with Crippen LogP contribution in [0.25, 0.3) is 17.0 Å². The molecule has 0 aliphatic carbocycles. The molecule has 0 aromatic carbocycles. The van der Waals surface area contributed by atoms with Crippen molar-refractivity contribution in [1.82, 2.24) is 34.4 Å². The van der Waals surface area contributed by atoms with E-state index in [1.54, 1.807) is 16.3 Å². The maximum absolute atomic E-state index is 13.5. The minimum Gasteiger partial charge on any atom is -0.481 e. The van der Waals surface area contributed by atoms with Crippen LogP contribution < -0.4 is 10.1 Å². The normalized spacial score (nSPS) is 15.5. The lowest BCUT2D eigenvalue weighted by atomic mass is 9.97. The monoisotopic (exact) mass is 550 g/mol. The first-order valence-corrected chi connectivity index (χ1v) is 13.4. The van der Waals surface area contributed by atoms with Crippen molar-refractivity contribution in [2.45, 2.75) is 58.4 Å². The Morgan fingerprint density at radius 3 is 2.77 bits per heavy atom. The van der Waals surface area contributed by atoms with Crippen LogP contribution in [0.2, 0.25) is 0 Å². The fraction of sp³-hybridized carbons (Fsp3) is 0.429. The number of rotatable bonds is 9. The molecule has 0 spiro atoms. The molecule has 12 heteroatoms. The van der Waals surface area contributed by atoms with E-state index in [1.807, 2.05) is 38.2 Å². The number of pyridine rings is 2. The van der Waals surface area contributed by atoms with Crippen molar-refractivity contribution in [2.75, 3.05) is 25.5 Å². The van der Waals surface area contributed by atoms with Crippen LogP contribution in [0.15, 0.2) is 36.5 Å². The Balaban J connectivity index is 1.32. The Hall–Kier alpha value is -4.22. The highest BCUT2D eigenvalue weighted by molar-refractivity contribution is 5.83. The lowest BCUT2D eigenvalue weighted by molar-refractivity contribution is -0.132. The molecule has 4 aromatic heterocycles. The number of halogens is 2. The van der Waals surface area contributed by atoms with Gasteiger partial charge in [0.15, 0.2) is 17.3 Å². The van der Waals surface area contributed by atoms with Crippen LogP contribution in [-0.4, -0.2) is 66.6 Å². The van der Waals surface area contributed by atoms with Crippen LogP contribution in [0.5, 0.6) is 5.88 Å². The fourth-order valence-electron chi connectivity index (χ4n) is 4.98. The molecule has 0 unspecified atom stereocenters. The summed E-state index contributed by atoms with van der Waals surface area (Å²) in [5.74, 6) is -0.148. The predicted molar refractivity (Wildman–Crippen MR) is 146 cm³/mol. The van der Waals surface area contributed by atoms with E-state index < -0.39 is 18.2 Å². The molecule has 10 nitrogen and oxygen atoms in total. The Kier molecular flexibility index (Phi) is 7.85. The van der Waals surface area contributed by atoms with E-state index in [-0.39, 0.29) is 23.5 Å². The second kappa shape index (κ2) is 11.5. The van der Waals surface area contributed by atoms with Crippen molar-refractivity contribution in [3.8, 4) is 17.3 Å². The smallest absolute Gasteiger partial charge is 0.297 e. The number of nitrogens with one attached hydrogen (secondary N) is 1. The minimum atomic E-state index is -2.87. The van der Waals surface area contributed by atoms with Gasteiger partial charge in [0.2, 0.25) is 11.8 Å². The van der Waals surface area contributed by atoms with Crippen molar-refractivity contribution in [3.05, 3.63) is 59.3 Å². The largest absolute Gasteiger partial charge is 0.481 e. The fourth-order valence-corrected chi connectivity index (χ4v) is 4.98. The van der Waals surface area contributed by atoms with Gasteiger partial charge in [-0.25, -0.2) is 28.2 Å². The number of fused-ring (bicyclic) bond motifs is 2. The van der Waals surface area contributed by atoms with Gasteiger partial charge in [-0.2, -0.15) is 4.98 Å². The third kappa shape index (κ3) is 5.56. The van der Waals surface area contributed by atoms with Crippen LogP contribution in [0.3, 0.4) is 0 Å². The summed E-state index contributed by atoms with van der Waals surface area (Å²) in [7, 11) is 1.34. The lowest BCUT2D eigenvalue weighted by Gasteiger charge is -2.33. The zero-order chi connectivity index (χ0) is 28.4. The van der Waals surface area contributed by atoms with Crippen molar-refractivity contribution in [3.63, 3.8) is 0 Å². The standard InChI is InChI=1S/C28H32F2N8O2/c1-5-11-37(28(39)16(2)21-14-23(40-4)35-27(33-21)24(29)30)15-19-10-9-18-13-20(17(3)31-25(18)32-19)26-34-22-8-6-7-12-38(22)36-26/h6-8,12-14,16,19,24H,5,9-11,15H2,1-4H3,(H,31,32)/t16-,19-/m1/s1. The van der Waals surface area contributed by atoms with E-state index in [4.69, 9.17) is 9.72 Å². The number of carbonyl (C=O) groups excluding carboxylic acids is 1. The van der Waals surface area contributed by atoms with Crippen molar-refractivity contribution < 1.29 is 18.3 Å². The first kappa shape index (κ1) is 27.4. The molecule has 1 aliphatic rings. The molecule has 0 bridgehead atoms. The molecule has 0 saturated heterocycles. The number of anilines is 1. The van der Waals surface area contributed by atoms with Crippen molar-refractivity contribution in [1.29, 1.82) is 0 Å². The molecule has 1 amide bonds. The number of nitrogens with zero attached hydrogens (tertiary/aromatic N) is 7. The van der Waals surface area contributed by atoms with Gasteiger partial charge in [-0.3, -0.25) is 4.79 Å². The second-order valence-electron chi connectivity index (χ2n) is 9.95. The molecular weight excluding hydrogens is 518 g/mol. The van der Waals surface area contributed by atoms with E-state index in [0.717, 1.165) is 47.5 Å². The summed E-state index contributed by atoms with van der Waals surface area (Å²) in [5, 5.41) is 8.11. The van der Waals surface area contributed by atoms with Crippen molar-refractivity contribution in [2.24, 2.45) is 0 Å². The Morgan fingerprint density at radius 2 is 2.05 bits per heavy atom. The molecular formula is C28H32F2N8O2. The summed E-state index contributed by atoms with van der Waals surface area (Å²) in [6.07, 6.45) is 1.33. The highest BCUT2D eigenvalue weighted by atomic mass is 19.3. The highest BCUT2D eigenvalue weighted by Crippen LogP contribution is 2.30. The first-order chi connectivity index (χ1) is 19.3. The molecule has 1 aliphatic heterocycles. The molecule has 5 heterocycles. The van der Waals surface area contributed by atoms with E-state index >= 15 is 0 Å². The molecule has 1 N–H and O–H groups in total. The van der Waals surface area contributed by atoms with E-state index in [2.05, 4.69) is 31.4 Å². The summed E-state index contributed by atoms with van der Waals surface area (Å²) in [6, 6.07) is 9.26. The van der Waals surface area contributed by atoms with Gasteiger partial charge in [0, 0.05) is 37.0 Å². The topological polar surface area (TPSA) is 110 Å². The number of ether oxygens (including phenoxy) is 1. The molecule has 4 aromatic rings. The molecule has 40 heavy (non-hydrogen) atoms. The third-order valence-corrected chi connectivity index (χ3v) is 7.08. The maximum atomic E-state index is 13.5. The number of carbonyl (C=O) groups is 1. The van der Waals surface area contributed by atoms with Gasteiger partial charge in [0.05, 0.1) is 24.4 Å².